The van der Waals surface area contributed by atoms with Crippen LogP contribution in [0.2, 0.25) is 0 Å². The van der Waals surface area contributed by atoms with Crippen molar-refractivity contribution in [2.24, 2.45) is 0 Å². The fourth-order valence-corrected chi connectivity index (χ4v) is 12.4. The highest BCUT2D eigenvalue weighted by Gasteiger charge is 2.41. The second-order valence-electron chi connectivity index (χ2n) is 9.11. The molecule has 0 fully saturated rings. The van der Waals surface area contributed by atoms with Crippen LogP contribution < -0.4 is 21.2 Å². The van der Waals surface area contributed by atoms with E-state index in [2.05, 4.69) is 128 Å². The molecule has 2 heteroatoms. The van der Waals surface area contributed by atoms with E-state index in [-0.39, 0.29) is 0 Å². The molecule has 0 unspecified atom stereocenters. The van der Waals surface area contributed by atoms with Crippen LogP contribution in [0.25, 0.3) is 0 Å². The van der Waals surface area contributed by atoms with Crippen molar-refractivity contribution >= 4 is 36.4 Å². The summed E-state index contributed by atoms with van der Waals surface area (Å²) in [5, 5.41) is 6.26. The smallest absolute Gasteiger partial charge is 0.0652 e. The van der Waals surface area contributed by atoms with Gasteiger partial charge in [-0.3, -0.25) is 0 Å². The highest BCUT2D eigenvalue weighted by Crippen LogP contribution is 2.57. The van der Waals surface area contributed by atoms with E-state index in [1.54, 1.807) is 10.6 Å². The third kappa shape index (κ3) is 6.24. The van der Waals surface area contributed by atoms with Crippen LogP contribution in [0, 0.1) is 0 Å². The molecule has 0 radical (unpaired) electrons. The Morgan fingerprint density at radius 3 is 1.35 bits per heavy atom. The van der Waals surface area contributed by atoms with E-state index in [0.29, 0.717) is 0 Å². The van der Waals surface area contributed by atoms with Gasteiger partial charge in [0.05, 0.1) is 54.9 Å². The number of benzene rings is 4. The molecule has 0 bridgehead atoms. The van der Waals surface area contributed by atoms with Crippen LogP contribution in [0.15, 0.2) is 121 Å². The summed E-state index contributed by atoms with van der Waals surface area (Å²) >= 11 is 0. The molecular weight excluding hydrogens is 446 g/mol. The molecule has 0 spiro atoms. The maximum atomic E-state index is 2.40. The van der Waals surface area contributed by atoms with E-state index in [0.717, 1.165) is 0 Å². The first-order valence-electron chi connectivity index (χ1n) is 12.8. The van der Waals surface area contributed by atoms with E-state index in [1.807, 2.05) is 0 Å². The molecule has 34 heavy (non-hydrogen) atoms. The lowest BCUT2D eigenvalue weighted by Crippen LogP contribution is -2.27. The van der Waals surface area contributed by atoms with Gasteiger partial charge in [0, 0.05) is 0 Å². The van der Waals surface area contributed by atoms with Crippen molar-refractivity contribution in [1.29, 1.82) is 0 Å². The van der Waals surface area contributed by atoms with E-state index in [9.17, 15) is 0 Å². The Morgan fingerprint density at radius 2 is 0.912 bits per heavy atom. The molecule has 0 nitrogen and oxygen atoms in total. The van der Waals surface area contributed by atoms with Crippen molar-refractivity contribution in [1.82, 2.24) is 0 Å². The first kappa shape index (κ1) is 24.9. The van der Waals surface area contributed by atoms with Gasteiger partial charge in [-0.25, -0.2) is 0 Å². The topological polar surface area (TPSA) is 0 Å². The Labute approximate surface area is 208 Å². The molecular formula is C32H38P2+2. The number of hydrogen-bond donors (Lipinski definition) is 0. The first-order chi connectivity index (χ1) is 16.8. The number of unbranched alkanes of at least 4 members (excludes halogenated alkanes) is 2. The quantitative estimate of drug-likeness (QED) is 0.149. The minimum atomic E-state index is -1.41. The van der Waals surface area contributed by atoms with Gasteiger partial charge >= 0.3 is 0 Å². The van der Waals surface area contributed by atoms with Crippen molar-refractivity contribution < 1.29 is 0 Å². The minimum absolute atomic E-state index is 0.749. The molecule has 4 aromatic carbocycles. The van der Waals surface area contributed by atoms with E-state index in [4.69, 9.17) is 0 Å². The van der Waals surface area contributed by atoms with Gasteiger partial charge in [0.2, 0.25) is 0 Å². The molecule has 0 amide bonds. The third-order valence-corrected chi connectivity index (χ3v) is 14.5. The Hall–Kier alpha value is -2.26. The predicted molar refractivity (Wildman–Crippen MR) is 158 cm³/mol. The van der Waals surface area contributed by atoms with Crippen LogP contribution in [-0.4, -0.2) is 18.5 Å². The van der Waals surface area contributed by atoms with Gasteiger partial charge < -0.3 is 0 Å². The van der Waals surface area contributed by atoms with E-state index >= 15 is 0 Å². The van der Waals surface area contributed by atoms with E-state index in [1.165, 1.54) is 54.8 Å². The van der Waals surface area contributed by atoms with Gasteiger partial charge in [-0.05, 0) is 67.8 Å². The molecule has 0 saturated carbocycles. The summed E-state index contributed by atoms with van der Waals surface area (Å²) in [4.78, 5) is 0. The van der Waals surface area contributed by atoms with Gasteiger partial charge in [0.15, 0.2) is 0 Å². The standard InChI is InChI=1S/C32H37P2/c1-2-3-27-34(31-22-12-6-13-23-31,32-24-14-7-15-25-32)28-17-16-26-33(29-18-8-4-9-19-29)30-20-10-5-11-21-30/h4-15,18-25H,2-3,16-17,26-28H2,1H3/q+1/p+1. The van der Waals surface area contributed by atoms with Gasteiger partial charge in [-0.1, -0.05) is 86.1 Å². The zero-order valence-electron chi connectivity index (χ0n) is 20.4. The van der Waals surface area contributed by atoms with Crippen LogP contribution in [-0.2, 0) is 0 Å². The average molecular weight is 485 g/mol. The SMILES string of the molecule is CCCC[P+](CCCC[PH+](c1ccccc1)c1ccccc1)(c1ccccc1)c1ccccc1. The zero-order valence-corrected chi connectivity index (χ0v) is 22.3. The van der Waals surface area contributed by atoms with E-state index < -0.39 is 15.2 Å². The maximum Gasteiger partial charge on any atom is 0.0991 e. The summed E-state index contributed by atoms with van der Waals surface area (Å²) in [6, 6.07) is 45.4. The minimum Gasteiger partial charge on any atom is -0.0652 e. The summed E-state index contributed by atoms with van der Waals surface area (Å²) in [7, 11) is -2.16. The summed E-state index contributed by atoms with van der Waals surface area (Å²) < 4.78 is 0. The molecule has 0 atom stereocenters. The normalized spacial score (nSPS) is 11.6. The maximum absolute atomic E-state index is 2.40. The van der Waals surface area contributed by atoms with Gasteiger partial charge in [-0.2, -0.15) is 0 Å². The highest BCUT2D eigenvalue weighted by molar-refractivity contribution is 7.89. The van der Waals surface area contributed by atoms with Crippen LogP contribution >= 0.6 is 15.2 Å². The molecule has 0 aromatic heterocycles. The molecule has 0 aliphatic heterocycles. The molecule has 4 aromatic rings. The lowest BCUT2D eigenvalue weighted by Gasteiger charge is -2.28. The molecule has 0 saturated heterocycles. The zero-order chi connectivity index (χ0) is 23.5. The number of hydrogen-bond acceptors (Lipinski definition) is 0. The molecule has 0 N–H and O–H groups in total. The lowest BCUT2D eigenvalue weighted by atomic mass is 10.3. The molecule has 4 rings (SSSR count). The van der Waals surface area contributed by atoms with Gasteiger partial charge in [0.1, 0.15) is 0 Å². The van der Waals surface area contributed by atoms with Gasteiger partial charge in [-0.15, -0.1) is 0 Å². The first-order valence-corrected chi connectivity index (χ1v) is 16.6. The largest absolute Gasteiger partial charge is 0.0991 e. The highest BCUT2D eigenvalue weighted by atomic mass is 31.2. The monoisotopic (exact) mass is 484 g/mol. The Kier molecular flexibility index (Phi) is 9.50. The Morgan fingerprint density at radius 1 is 0.500 bits per heavy atom. The lowest BCUT2D eigenvalue weighted by molar-refractivity contribution is 0.870. The molecule has 0 heterocycles. The summed E-state index contributed by atoms with van der Waals surface area (Å²) in [6.45, 7) is 2.33. The summed E-state index contributed by atoms with van der Waals surface area (Å²) in [5.74, 6) is 0. The molecule has 0 aliphatic rings. The number of rotatable bonds is 12. The van der Waals surface area contributed by atoms with Crippen molar-refractivity contribution in [2.75, 3.05) is 18.5 Å². The Balaban J connectivity index is 1.55. The third-order valence-electron chi connectivity index (χ3n) is 6.86. The van der Waals surface area contributed by atoms with Crippen LogP contribution in [0.1, 0.15) is 32.6 Å². The van der Waals surface area contributed by atoms with Crippen molar-refractivity contribution in [3.63, 3.8) is 0 Å². The van der Waals surface area contributed by atoms with Crippen molar-refractivity contribution in [2.45, 2.75) is 32.6 Å². The van der Waals surface area contributed by atoms with Crippen LogP contribution in [0.4, 0.5) is 0 Å². The Bertz CT molecular complexity index is 1000. The van der Waals surface area contributed by atoms with Gasteiger partial charge in [0.25, 0.3) is 0 Å². The predicted octanol–water partition coefficient (Wildman–Crippen LogP) is 7.10. The van der Waals surface area contributed by atoms with Crippen LogP contribution in [0.3, 0.4) is 0 Å². The second kappa shape index (κ2) is 13.0. The molecule has 0 aliphatic carbocycles. The van der Waals surface area contributed by atoms with Crippen molar-refractivity contribution in [3.05, 3.63) is 121 Å². The van der Waals surface area contributed by atoms with Crippen LogP contribution in [0.5, 0.6) is 0 Å². The fraction of sp³-hybridized carbons (Fsp3) is 0.250. The van der Waals surface area contributed by atoms with Crippen molar-refractivity contribution in [3.8, 4) is 0 Å². The fourth-order valence-electron chi connectivity index (χ4n) is 5.05. The average Bonchev–Trinajstić information content (AvgIpc) is 2.92. The summed E-state index contributed by atoms with van der Waals surface area (Å²) in [6.07, 6.45) is 9.11. The second-order valence-corrected chi connectivity index (χ2v) is 15.6. The molecule has 174 valence electrons. The summed E-state index contributed by atoms with van der Waals surface area (Å²) in [5.41, 5.74) is 0.